The summed E-state index contributed by atoms with van der Waals surface area (Å²) in [4.78, 5) is 7.40. The Morgan fingerprint density at radius 2 is 2.11 bits per heavy atom. The van der Waals surface area contributed by atoms with Gasteiger partial charge in [-0.3, -0.25) is 4.40 Å². The third kappa shape index (κ3) is 1.98. The zero-order valence-electron chi connectivity index (χ0n) is 10.4. The second kappa shape index (κ2) is 4.64. The van der Waals surface area contributed by atoms with Crippen molar-refractivity contribution in [2.24, 2.45) is 5.73 Å². The molecule has 0 bridgehead atoms. The van der Waals surface area contributed by atoms with Gasteiger partial charge < -0.3 is 10.6 Å². The number of anilines is 2. The zero-order chi connectivity index (χ0) is 13.4. The van der Waals surface area contributed by atoms with Crippen LogP contribution in [0.15, 0.2) is 35.8 Å². The first kappa shape index (κ1) is 12.1. The van der Waals surface area contributed by atoms with E-state index in [0.29, 0.717) is 6.54 Å². The Bertz CT molecular complexity index is 701. The fourth-order valence-electron chi connectivity index (χ4n) is 2.07. The van der Waals surface area contributed by atoms with Gasteiger partial charge in [-0.1, -0.05) is 0 Å². The van der Waals surface area contributed by atoms with Gasteiger partial charge in [0.15, 0.2) is 10.8 Å². The van der Waals surface area contributed by atoms with Crippen LogP contribution in [0.5, 0.6) is 0 Å². The predicted molar refractivity (Wildman–Crippen MR) is 75.4 cm³/mol. The van der Waals surface area contributed by atoms with Crippen LogP contribution in [0.3, 0.4) is 0 Å². The van der Waals surface area contributed by atoms with Crippen LogP contribution >= 0.6 is 11.3 Å². The molecule has 2 aromatic heterocycles. The number of imidazole rings is 1. The average molecular weight is 276 g/mol. The molecule has 0 atom stereocenters. The van der Waals surface area contributed by atoms with E-state index in [1.165, 1.54) is 12.1 Å². The van der Waals surface area contributed by atoms with Crippen LogP contribution in [0.25, 0.3) is 4.96 Å². The van der Waals surface area contributed by atoms with Crippen molar-refractivity contribution in [3.8, 4) is 0 Å². The number of hydrogen-bond acceptors (Lipinski definition) is 4. The van der Waals surface area contributed by atoms with Crippen molar-refractivity contribution in [3.05, 3.63) is 47.4 Å². The molecule has 6 heteroatoms. The van der Waals surface area contributed by atoms with E-state index < -0.39 is 0 Å². The second-order valence-electron chi connectivity index (χ2n) is 4.18. The Kier molecular flexibility index (Phi) is 2.96. The molecule has 0 aliphatic carbocycles. The number of rotatable bonds is 3. The highest BCUT2D eigenvalue weighted by molar-refractivity contribution is 7.15. The third-order valence-corrected chi connectivity index (χ3v) is 3.82. The topological polar surface area (TPSA) is 46.6 Å². The molecule has 0 spiro atoms. The maximum absolute atomic E-state index is 13.0. The minimum Gasteiger partial charge on any atom is -0.328 e. The predicted octanol–water partition coefficient (Wildman–Crippen LogP) is 2.76. The van der Waals surface area contributed by atoms with Gasteiger partial charge in [0.05, 0.1) is 5.69 Å². The van der Waals surface area contributed by atoms with Crippen molar-refractivity contribution in [1.82, 2.24) is 9.38 Å². The minimum atomic E-state index is -0.248. The minimum absolute atomic E-state index is 0.248. The van der Waals surface area contributed by atoms with Gasteiger partial charge in [-0.2, -0.15) is 0 Å². The van der Waals surface area contributed by atoms with E-state index in [0.717, 1.165) is 22.2 Å². The number of aromatic nitrogens is 2. The molecule has 0 saturated carbocycles. The highest BCUT2D eigenvalue weighted by Gasteiger charge is 2.16. The van der Waals surface area contributed by atoms with Crippen LogP contribution in [0.1, 0.15) is 5.69 Å². The number of thiazole rings is 1. The number of hydrogen-bond donors (Lipinski definition) is 1. The van der Waals surface area contributed by atoms with Gasteiger partial charge in [-0.15, -0.1) is 11.3 Å². The second-order valence-corrected chi connectivity index (χ2v) is 5.05. The first-order valence-electron chi connectivity index (χ1n) is 5.84. The first-order valence-corrected chi connectivity index (χ1v) is 6.72. The van der Waals surface area contributed by atoms with Crippen molar-refractivity contribution in [2.75, 3.05) is 11.9 Å². The fourth-order valence-corrected chi connectivity index (χ4v) is 2.79. The summed E-state index contributed by atoms with van der Waals surface area (Å²) in [6, 6.07) is 6.32. The number of fused-ring (bicyclic) bond motifs is 1. The molecule has 4 nitrogen and oxygen atoms in total. The molecule has 3 rings (SSSR count). The van der Waals surface area contributed by atoms with Gasteiger partial charge in [0, 0.05) is 30.9 Å². The molecule has 0 radical (unpaired) electrons. The highest BCUT2D eigenvalue weighted by Crippen LogP contribution is 2.28. The van der Waals surface area contributed by atoms with Crippen molar-refractivity contribution < 1.29 is 4.39 Å². The molecule has 2 heterocycles. The molecule has 1 aromatic carbocycles. The Hall–Kier alpha value is -1.92. The lowest BCUT2D eigenvalue weighted by Gasteiger charge is -2.18. The van der Waals surface area contributed by atoms with Crippen LogP contribution in [0.4, 0.5) is 15.9 Å². The average Bonchev–Trinajstić information content (AvgIpc) is 2.98. The molecular formula is C13H13FN4S. The van der Waals surface area contributed by atoms with Gasteiger partial charge in [0.25, 0.3) is 0 Å². The highest BCUT2D eigenvalue weighted by atomic mass is 32.1. The van der Waals surface area contributed by atoms with Crippen LogP contribution in [-0.2, 0) is 6.54 Å². The van der Waals surface area contributed by atoms with Gasteiger partial charge in [0.1, 0.15) is 5.82 Å². The molecule has 19 heavy (non-hydrogen) atoms. The first-order chi connectivity index (χ1) is 9.20. The molecule has 98 valence electrons. The van der Waals surface area contributed by atoms with E-state index in [4.69, 9.17) is 5.73 Å². The lowest BCUT2D eigenvalue weighted by molar-refractivity contribution is 0.628. The summed E-state index contributed by atoms with van der Waals surface area (Å²) in [5.74, 6) is 0.558. The fraction of sp³-hybridized carbons (Fsp3) is 0.154. The summed E-state index contributed by atoms with van der Waals surface area (Å²) in [6.45, 7) is 0.402. The Morgan fingerprint density at radius 3 is 2.79 bits per heavy atom. The number of nitrogens with two attached hydrogens (primary N) is 1. The number of benzene rings is 1. The molecule has 0 aliphatic heterocycles. The van der Waals surface area contributed by atoms with Crippen molar-refractivity contribution in [1.29, 1.82) is 0 Å². The van der Waals surface area contributed by atoms with Gasteiger partial charge in [-0.05, 0) is 24.3 Å². The van der Waals surface area contributed by atoms with Crippen LogP contribution in [0.2, 0.25) is 0 Å². The largest absolute Gasteiger partial charge is 0.328 e. The summed E-state index contributed by atoms with van der Waals surface area (Å²) in [6.07, 6.45) is 1.96. The van der Waals surface area contributed by atoms with Gasteiger partial charge >= 0.3 is 0 Å². The summed E-state index contributed by atoms with van der Waals surface area (Å²) in [7, 11) is 1.90. The standard InChI is InChI=1S/C13H13FN4S/c1-17(10-4-2-9(14)3-5-10)12-11(8-15)18-6-7-19-13(18)16-12/h2-7H,8,15H2,1H3. The molecule has 2 N–H and O–H groups in total. The molecule has 0 saturated heterocycles. The lowest BCUT2D eigenvalue weighted by atomic mass is 10.3. The summed E-state index contributed by atoms with van der Waals surface area (Å²) < 4.78 is 14.9. The lowest BCUT2D eigenvalue weighted by Crippen LogP contribution is -2.14. The van der Waals surface area contributed by atoms with E-state index >= 15 is 0 Å². The normalized spacial score (nSPS) is 11.1. The quantitative estimate of drug-likeness (QED) is 0.800. The monoisotopic (exact) mass is 276 g/mol. The summed E-state index contributed by atoms with van der Waals surface area (Å²) >= 11 is 1.56. The van der Waals surface area contributed by atoms with Crippen LogP contribution in [0, 0.1) is 5.82 Å². The Morgan fingerprint density at radius 1 is 1.37 bits per heavy atom. The molecule has 0 fully saturated rings. The van der Waals surface area contributed by atoms with E-state index in [1.54, 1.807) is 23.5 Å². The van der Waals surface area contributed by atoms with Crippen molar-refractivity contribution in [3.63, 3.8) is 0 Å². The smallest absolute Gasteiger partial charge is 0.195 e. The van der Waals surface area contributed by atoms with Gasteiger partial charge in [-0.25, -0.2) is 9.37 Å². The van der Waals surface area contributed by atoms with Crippen molar-refractivity contribution >= 4 is 27.8 Å². The molecule has 0 aliphatic rings. The Labute approximate surface area is 113 Å². The van der Waals surface area contributed by atoms with E-state index in [2.05, 4.69) is 4.98 Å². The van der Waals surface area contributed by atoms with E-state index in [1.807, 2.05) is 27.9 Å². The SMILES string of the molecule is CN(c1ccc(F)cc1)c1nc2sccn2c1CN. The molecular weight excluding hydrogens is 263 g/mol. The third-order valence-electron chi connectivity index (χ3n) is 3.06. The number of nitrogens with zero attached hydrogens (tertiary/aromatic N) is 3. The molecule has 0 unspecified atom stereocenters. The van der Waals surface area contributed by atoms with E-state index in [9.17, 15) is 4.39 Å². The Balaban J connectivity index is 2.07. The van der Waals surface area contributed by atoms with Crippen LogP contribution in [-0.4, -0.2) is 16.4 Å². The maximum Gasteiger partial charge on any atom is 0.195 e. The van der Waals surface area contributed by atoms with Crippen LogP contribution < -0.4 is 10.6 Å². The summed E-state index contributed by atoms with van der Waals surface area (Å²) in [5.41, 5.74) is 7.64. The summed E-state index contributed by atoms with van der Waals surface area (Å²) in [5, 5.41) is 1.98. The van der Waals surface area contributed by atoms with Crippen molar-refractivity contribution in [2.45, 2.75) is 6.54 Å². The molecule has 0 amide bonds. The maximum atomic E-state index is 13.0. The zero-order valence-corrected chi connectivity index (χ0v) is 11.2. The number of halogens is 1. The van der Waals surface area contributed by atoms with E-state index in [-0.39, 0.29) is 5.82 Å². The van der Waals surface area contributed by atoms with Gasteiger partial charge in [0.2, 0.25) is 0 Å². The molecule has 3 aromatic rings.